The monoisotopic (exact) mass is 501 g/mol. The number of nitrogens with zero attached hydrogens (tertiary/aromatic N) is 3. The average molecular weight is 501 g/mol. The molecule has 0 fully saturated rings. The van der Waals surface area contributed by atoms with E-state index in [1.165, 1.54) is 21.0 Å². The van der Waals surface area contributed by atoms with Gasteiger partial charge in [0.15, 0.2) is 5.96 Å². The summed E-state index contributed by atoms with van der Waals surface area (Å²) >= 11 is 1.80. The molecule has 1 aromatic carbocycles. The minimum absolute atomic E-state index is 0. The van der Waals surface area contributed by atoms with E-state index in [1.807, 2.05) is 6.20 Å². The van der Waals surface area contributed by atoms with Crippen LogP contribution in [-0.2, 0) is 25.9 Å². The summed E-state index contributed by atoms with van der Waals surface area (Å²) in [6, 6.07) is 8.72. The Morgan fingerprint density at radius 2 is 2.00 bits per heavy atom. The Balaban J connectivity index is 0.00000364. The van der Waals surface area contributed by atoms with Crippen molar-refractivity contribution in [2.75, 3.05) is 27.2 Å². The van der Waals surface area contributed by atoms with Gasteiger partial charge >= 0.3 is 0 Å². The minimum Gasteiger partial charge on any atom is -0.356 e. The molecule has 150 valence electrons. The van der Waals surface area contributed by atoms with E-state index in [1.54, 1.807) is 18.4 Å². The van der Waals surface area contributed by atoms with Gasteiger partial charge in [-0.15, -0.1) is 35.3 Å². The van der Waals surface area contributed by atoms with Gasteiger partial charge < -0.3 is 15.5 Å². The van der Waals surface area contributed by atoms with Crippen LogP contribution in [0.4, 0.5) is 0 Å². The lowest BCUT2D eigenvalue weighted by molar-refractivity contribution is 0.345. The smallest absolute Gasteiger partial charge is 0.191 e. The molecule has 0 unspecified atom stereocenters. The van der Waals surface area contributed by atoms with Crippen LogP contribution < -0.4 is 10.6 Å². The number of guanidine groups is 1. The fourth-order valence-electron chi connectivity index (χ4n) is 2.58. The van der Waals surface area contributed by atoms with Crippen LogP contribution >= 0.6 is 35.3 Å². The Labute approximate surface area is 184 Å². The van der Waals surface area contributed by atoms with Crippen LogP contribution in [0.15, 0.2) is 35.5 Å². The first-order valence-corrected chi connectivity index (χ1v) is 10.1. The van der Waals surface area contributed by atoms with Crippen LogP contribution in [-0.4, -0.2) is 43.0 Å². The maximum atomic E-state index is 4.46. The fraction of sp³-hybridized carbons (Fsp3) is 0.500. The second kappa shape index (κ2) is 13.1. The van der Waals surface area contributed by atoms with Crippen molar-refractivity contribution >= 4 is 41.3 Å². The number of rotatable bonds is 9. The highest BCUT2D eigenvalue weighted by Crippen LogP contribution is 2.13. The second-order valence-electron chi connectivity index (χ2n) is 6.33. The Morgan fingerprint density at radius 3 is 2.67 bits per heavy atom. The molecule has 0 aliphatic rings. The van der Waals surface area contributed by atoms with E-state index in [9.17, 15) is 0 Å². The minimum atomic E-state index is 0. The number of nitrogens with one attached hydrogen (secondary N) is 2. The van der Waals surface area contributed by atoms with E-state index in [0.29, 0.717) is 0 Å². The zero-order valence-electron chi connectivity index (χ0n) is 16.8. The molecule has 0 saturated carbocycles. The molecular weight excluding hydrogens is 469 g/mol. The zero-order chi connectivity index (χ0) is 18.8. The Morgan fingerprint density at radius 1 is 1.22 bits per heavy atom. The van der Waals surface area contributed by atoms with Gasteiger partial charge in [-0.3, -0.25) is 4.99 Å². The first-order chi connectivity index (χ1) is 12.6. The highest BCUT2D eigenvalue weighted by atomic mass is 127. The molecule has 27 heavy (non-hydrogen) atoms. The molecule has 0 aliphatic carbocycles. The van der Waals surface area contributed by atoms with Crippen molar-refractivity contribution in [3.05, 3.63) is 51.5 Å². The number of aryl methyl sites for hydroxylation is 1. The van der Waals surface area contributed by atoms with Gasteiger partial charge in [-0.25, -0.2) is 4.98 Å². The van der Waals surface area contributed by atoms with E-state index < -0.39 is 0 Å². The van der Waals surface area contributed by atoms with Crippen molar-refractivity contribution in [3.63, 3.8) is 0 Å². The number of thiazole rings is 1. The molecule has 0 atom stereocenters. The molecule has 5 nitrogen and oxygen atoms in total. The highest BCUT2D eigenvalue weighted by molar-refractivity contribution is 14.0. The molecule has 0 saturated heterocycles. The number of aromatic nitrogens is 1. The van der Waals surface area contributed by atoms with Crippen LogP contribution in [0.1, 0.15) is 34.9 Å². The summed E-state index contributed by atoms with van der Waals surface area (Å²) in [6.45, 7) is 7.97. The van der Waals surface area contributed by atoms with E-state index in [4.69, 9.17) is 0 Å². The quantitative estimate of drug-likeness (QED) is 0.313. The molecule has 0 radical (unpaired) electrons. The standard InChI is InChI=1S/C20H31N5S.HI/c1-5-18-14-23-19(26-18)10-11-22-20(21-3)24-13-16-8-7-9-17(12-16)15-25(4)6-2;/h7-9,12,14H,5-6,10-11,13,15H2,1-4H3,(H2,21,22,24);1H. The van der Waals surface area contributed by atoms with Crippen molar-refractivity contribution in [2.24, 2.45) is 4.99 Å². The van der Waals surface area contributed by atoms with Crippen molar-refractivity contribution in [2.45, 2.75) is 39.8 Å². The number of benzene rings is 1. The molecule has 2 aromatic rings. The Hall–Kier alpha value is -1.19. The van der Waals surface area contributed by atoms with Gasteiger partial charge in [0.05, 0.1) is 5.01 Å². The van der Waals surface area contributed by atoms with E-state index >= 15 is 0 Å². The third-order valence-electron chi connectivity index (χ3n) is 4.25. The number of hydrogen-bond acceptors (Lipinski definition) is 4. The summed E-state index contributed by atoms with van der Waals surface area (Å²) in [5.41, 5.74) is 2.61. The van der Waals surface area contributed by atoms with Crippen LogP contribution in [0.25, 0.3) is 0 Å². The molecule has 1 heterocycles. The van der Waals surface area contributed by atoms with E-state index in [0.717, 1.165) is 45.0 Å². The summed E-state index contributed by atoms with van der Waals surface area (Å²) in [7, 11) is 3.95. The molecular formula is C20H32IN5S. The molecule has 7 heteroatoms. The fourth-order valence-corrected chi connectivity index (χ4v) is 3.44. The molecule has 0 bridgehead atoms. The van der Waals surface area contributed by atoms with Crippen molar-refractivity contribution in [3.8, 4) is 0 Å². The normalized spacial score (nSPS) is 11.4. The summed E-state index contributed by atoms with van der Waals surface area (Å²) < 4.78 is 0. The Bertz CT molecular complexity index is 701. The molecule has 2 N–H and O–H groups in total. The summed E-state index contributed by atoms with van der Waals surface area (Å²) in [6.07, 6.45) is 3.96. The third-order valence-corrected chi connectivity index (χ3v) is 5.45. The van der Waals surface area contributed by atoms with Gasteiger partial charge in [-0.2, -0.15) is 0 Å². The first-order valence-electron chi connectivity index (χ1n) is 9.29. The van der Waals surface area contributed by atoms with Gasteiger partial charge in [-0.05, 0) is 31.1 Å². The zero-order valence-corrected chi connectivity index (χ0v) is 19.9. The molecule has 0 aliphatic heterocycles. The molecule has 0 amide bonds. The summed E-state index contributed by atoms with van der Waals surface area (Å²) in [5.74, 6) is 0.827. The van der Waals surface area contributed by atoms with Crippen LogP contribution in [0.5, 0.6) is 0 Å². The van der Waals surface area contributed by atoms with Gasteiger partial charge in [0, 0.05) is 44.2 Å². The van der Waals surface area contributed by atoms with Crippen LogP contribution in [0.2, 0.25) is 0 Å². The molecule has 0 spiro atoms. The summed E-state index contributed by atoms with van der Waals surface area (Å²) in [5, 5.41) is 7.94. The van der Waals surface area contributed by atoms with Crippen LogP contribution in [0, 0.1) is 0 Å². The van der Waals surface area contributed by atoms with Gasteiger partial charge in [0.1, 0.15) is 0 Å². The highest BCUT2D eigenvalue weighted by Gasteiger charge is 2.03. The lowest BCUT2D eigenvalue weighted by atomic mass is 10.1. The second-order valence-corrected chi connectivity index (χ2v) is 7.53. The number of halogens is 1. The maximum absolute atomic E-state index is 4.46. The largest absolute Gasteiger partial charge is 0.356 e. The van der Waals surface area contributed by atoms with E-state index in [2.05, 4.69) is 70.7 Å². The van der Waals surface area contributed by atoms with Crippen molar-refractivity contribution in [1.82, 2.24) is 20.5 Å². The predicted octanol–water partition coefficient (Wildman–Crippen LogP) is 3.68. The topological polar surface area (TPSA) is 52.6 Å². The summed E-state index contributed by atoms with van der Waals surface area (Å²) in [4.78, 5) is 12.4. The van der Waals surface area contributed by atoms with Gasteiger partial charge in [-0.1, -0.05) is 38.1 Å². The van der Waals surface area contributed by atoms with Gasteiger partial charge in [0.2, 0.25) is 0 Å². The Kier molecular flexibility index (Phi) is 11.5. The van der Waals surface area contributed by atoms with E-state index in [-0.39, 0.29) is 24.0 Å². The SMILES string of the molecule is CCc1cnc(CCNC(=NC)NCc2cccc(CN(C)CC)c2)s1.I. The third kappa shape index (κ3) is 8.57. The average Bonchev–Trinajstić information content (AvgIpc) is 3.12. The first kappa shape index (κ1) is 23.8. The number of aliphatic imine (C=N–C) groups is 1. The van der Waals surface area contributed by atoms with Crippen LogP contribution in [0.3, 0.4) is 0 Å². The predicted molar refractivity (Wildman–Crippen MR) is 127 cm³/mol. The van der Waals surface area contributed by atoms with Crippen molar-refractivity contribution < 1.29 is 0 Å². The lowest BCUT2D eigenvalue weighted by Crippen LogP contribution is -2.37. The van der Waals surface area contributed by atoms with Crippen molar-refractivity contribution in [1.29, 1.82) is 0 Å². The maximum Gasteiger partial charge on any atom is 0.191 e. The lowest BCUT2D eigenvalue weighted by Gasteiger charge is -2.15. The molecule has 1 aromatic heterocycles. The van der Waals surface area contributed by atoms with Gasteiger partial charge in [0.25, 0.3) is 0 Å². The molecule has 2 rings (SSSR count). The number of hydrogen-bond donors (Lipinski definition) is 2.